The molecule has 2 aromatic rings. The van der Waals surface area contributed by atoms with Crippen LogP contribution in [0.2, 0.25) is 0 Å². The number of nitrogens with one attached hydrogen (secondary N) is 1. The smallest absolute Gasteiger partial charge is 0.226 e. The second-order valence-electron chi connectivity index (χ2n) is 4.94. The van der Waals surface area contributed by atoms with Gasteiger partial charge in [-0.05, 0) is 29.8 Å². The van der Waals surface area contributed by atoms with Crippen LogP contribution < -0.4 is 10.1 Å². The zero-order valence-electron chi connectivity index (χ0n) is 11.8. The summed E-state index contributed by atoms with van der Waals surface area (Å²) in [5.74, 6) is 0.781. The van der Waals surface area contributed by atoms with Crippen LogP contribution in [-0.4, -0.2) is 5.91 Å². The number of benzene rings is 2. The van der Waals surface area contributed by atoms with Gasteiger partial charge in [0, 0.05) is 11.6 Å². The predicted octanol–water partition coefficient (Wildman–Crippen LogP) is 3.86. The lowest BCUT2D eigenvalue weighted by Gasteiger charge is -2.09. The molecule has 0 radical (unpaired) electrons. The second-order valence-corrected chi connectivity index (χ2v) is 4.94. The Morgan fingerprint density at radius 3 is 2.30 bits per heavy atom. The Balaban J connectivity index is 1.90. The van der Waals surface area contributed by atoms with E-state index in [2.05, 4.69) is 5.32 Å². The molecule has 0 heterocycles. The Morgan fingerprint density at radius 2 is 1.70 bits per heavy atom. The van der Waals surface area contributed by atoms with E-state index < -0.39 is 0 Å². The van der Waals surface area contributed by atoms with Crippen molar-refractivity contribution in [3.63, 3.8) is 0 Å². The summed E-state index contributed by atoms with van der Waals surface area (Å²) in [6.45, 7) is 4.28. The van der Waals surface area contributed by atoms with Crippen LogP contribution >= 0.6 is 0 Å². The van der Waals surface area contributed by atoms with Crippen LogP contribution in [0.1, 0.15) is 19.4 Å². The summed E-state index contributed by atoms with van der Waals surface area (Å²) in [6, 6.07) is 17.4. The molecule has 0 aromatic heterocycles. The minimum Gasteiger partial charge on any atom is -0.489 e. The first-order valence-corrected chi connectivity index (χ1v) is 6.73. The maximum atomic E-state index is 11.6. The van der Waals surface area contributed by atoms with Gasteiger partial charge < -0.3 is 10.1 Å². The van der Waals surface area contributed by atoms with Crippen molar-refractivity contribution in [3.8, 4) is 5.75 Å². The van der Waals surface area contributed by atoms with Gasteiger partial charge in [0.2, 0.25) is 5.91 Å². The fraction of sp³-hybridized carbons (Fsp3) is 0.235. The molecule has 1 N–H and O–H groups in total. The molecule has 0 aliphatic rings. The Bertz CT molecular complexity index is 547. The number of anilines is 1. The molecule has 0 unspecified atom stereocenters. The molecule has 104 valence electrons. The van der Waals surface area contributed by atoms with E-state index in [0.717, 1.165) is 17.0 Å². The molecule has 0 spiro atoms. The van der Waals surface area contributed by atoms with Gasteiger partial charge in [-0.15, -0.1) is 0 Å². The Kier molecular flexibility index (Phi) is 4.77. The van der Waals surface area contributed by atoms with Gasteiger partial charge in [-0.3, -0.25) is 4.79 Å². The lowest BCUT2D eigenvalue weighted by atomic mass is 10.2. The van der Waals surface area contributed by atoms with Gasteiger partial charge in [0.25, 0.3) is 0 Å². The molecule has 0 saturated heterocycles. The highest BCUT2D eigenvalue weighted by Gasteiger charge is 2.06. The standard InChI is InChI=1S/C17H19NO2/c1-13(2)17(19)18-15-8-10-16(11-9-15)20-12-14-6-4-3-5-7-14/h3-11,13H,12H2,1-2H3,(H,18,19). The molecule has 0 bridgehead atoms. The topological polar surface area (TPSA) is 38.3 Å². The number of carbonyl (C=O) groups excluding carboxylic acids is 1. The molecule has 0 atom stereocenters. The normalized spacial score (nSPS) is 10.3. The quantitative estimate of drug-likeness (QED) is 0.895. The third kappa shape index (κ3) is 4.12. The highest BCUT2D eigenvalue weighted by Crippen LogP contribution is 2.17. The van der Waals surface area contributed by atoms with Crippen LogP contribution in [0.25, 0.3) is 0 Å². The van der Waals surface area contributed by atoms with E-state index in [-0.39, 0.29) is 11.8 Å². The van der Waals surface area contributed by atoms with Crippen molar-refractivity contribution in [2.75, 3.05) is 5.32 Å². The molecule has 0 aliphatic carbocycles. The number of rotatable bonds is 5. The van der Waals surface area contributed by atoms with E-state index in [1.54, 1.807) is 0 Å². The maximum Gasteiger partial charge on any atom is 0.226 e. The molecule has 3 nitrogen and oxygen atoms in total. The molecule has 20 heavy (non-hydrogen) atoms. The number of ether oxygens (including phenoxy) is 1. The van der Waals surface area contributed by atoms with Gasteiger partial charge in [0.05, 0.1) is 0 Å². The van der Waals surface area contributed by atoms with E-state index >= 15 is 0 Å². The summed E-state index contributed by atoms with van der Waals surface area (Å²) in [5, 5.41) is 2.85. The summed E-state index contributed by atoms with van der Waals surface area (Å²) < 4.78 is 5.69. The monoisotopic (exact) mass is 269 g/mol. The summed E-state index contributed by atoms with van der Waals surface area (Å²) >= 11 is 0. The molecule has 0 saturated carbocycles. The van der Waals surface area contributed by atoms with Gasteiger partial charge in [-0.2, -0.15) is 0 Å². The van der Waals surface area contributed by atoms with Crippen LogP contribution in [0, 0.1) is 5.92 Å². The first kappa shape index (κ1) is 14.1. The molecule has 0 aliphatic heterocycles. The Labute approximate surface area is 119 Å². The third-order valence-corrected chi connectivity index (χ3v) is 2.89. The minimum atomic E-state index is -0.0241. The van der Waals surface area contributed by atoms with Crippen molar-refractivity contribution in [3.05, 3.63) is 60.2 Å². The summed E-state index contributed by atoms with van der Waals surface area (Å²) in [5.41, 5.74) is 1.92. The molecule has 2 rings (SSSR count). The van der Waals surface area contributed by atoms with Gasteiger partial charge in [-0.25, -0.2) is 0 Å². The molecule has 0 fully saturated rings. The van der Waals surface area contributed by atoms with Gasteiger partial charge in [0.15, 0.2) is 0 Å². The molecular formula is C17H19NO2. The second kappa shape index (κ2) is 6.75. The molecular weight excluding hydrogens is 250 g/mol. The first-order valence-electron chi connectivity index (χ1n) is 6.73. The van der Waals surface area contributed by atoms with Gasteiger partial charge in [0.1, 0.15) is 12.4 Å². The van der Waals surface area contributed by atoms with Crippen LogP contribution in [0.15, 0.2) is 54.6 Å². The highest BCUT2D eigenvalue weighted by molar-refractivity contribution is 5.92. The number of carbonyl (C=O) groups is 1. The number of amides is 1. The van der Waals surface area contributed by atoms with E-state index in [0.29, 0.717) is 6.61 Å². The van der Waals surface area contributed by atoms with Crippen LogP contribution in [0.3, 0.4) is 0 Å². The van der Waals surface area contributed by atoms with Crippen LogP contribution in [0.4, 0.5) is 5.69 Å². The maximum absolute atomic E-state index is 11.6. The van der Waals surface area contributed by atoms with Crippen molar-refractivity contribution in [2.45, 2.75) is 20.5 Å². The van der Waals surface area contributed by atoms with E-state index in [9.17, 15) is 4.79 Å². The fourth-order valence-electron chi connectivity index (χ4n) is 1.66. The van der Waals surface area contributed by atoms with Gasteiger partial charge >= 0.3 is 0 Å². The van der Waals surface area contributed by atoms with Crippen molar-refractivity contribution >= 4 is 11.6 Å². The Hall–Kier alpha value is -2.29. The van der Waals surface area contributed by atoms with Crippen LogP contribution in [0.5, 0.6) is 5.75 Å². The van der Waals surface area contributed by atoms with E-state index in [1.165, 1.54) is 0 Å². The SMILES string of the molecule is CC(C)C(=O)Nc1ccc(OCc2ccccc2)cc1. The van der Waals surface area contributed by atoms with Crippen LogP contribution in [-0.2, 0) is 11.4 Å². The molecule has 1 amide bonds. The summed E-state index contributed by atoms with van der Waals surface area (Å²) in [4.78, 5) is 11.6. The van der Waals surface area contributed by atoms with Crippen molar-refractivity contribution < 1.29 is 9.53 Å². The Morgan fingerprint density at radius 1 is 1.05 bits per heavy atom. The van der Waals surface area contributed by atoms with Gasteiger partial charge in [-0.1, -0.05) is 44.2 Å². The van der Waals surface area contributed by atoms with Crippen molar-refractivity contribution in [1.29, 1.82) is 0 Å². The zero-order valence-corrected chi connectivity index (χ0v) is 11.8. The molecule has 2 aromatic carbocycles. The van der Waals surface area contributed by atoms with E-state index in [1.807, 2.05) is 68.4 Å². The largest absolute Gasteiger partial charge is 0.489 e. The molecule has 3 heteroatoms. The zero-order chi connectivity index (χ0) is 14.4. The first-order chi connectivity index (χ1) is 9.65. The fourth-order valence-corrected chi connectivity index (χ4v) is 1.66. The summed E-state index contributed by atoms with van der Waals surface area (Å²) in [6.07, 6.45) is 0. The highest BCUT2D eigenvalue weighted by atomic mass is 16.5. The summed E-state index contributed by atoms with van der Waals surface area (Å²) in [7, 11) is 0. The van der Waals surface area contributed by atoms with E-state index in [4.69, 9.17) is 4.74 Å². The minimum absolute atomic E-state index is 0.0166. The lowest BCUT2D eigenvalue weighted by Crippen LogP contribution is -2.17. The lowest BCUT2D eigenvalue weighted by molar-refractivity contribution is -0.118. The third-order valence-electron chi connectivity index (χ3n) is 2.89. The number of hydrogen-bond acceptors (Lipinski definition) is 2. The van der Waals surface area contributed by atoms with Crippen molar-refractivity contribution in [2.24, 2.45) is 5.92 Å². The average molecular weight is 269 g/mol. The number of hydrogen-bond donors (Lipinski definition) is 1. The average Bonchev–Trinajstić information content (AvgIpc) is 2.47. The predicted molar refractivity (Wildman–Crippen MR) is 80.7 cm³/mol. The van der Waals surface area contributed by atoms with Crippen molar-refractivity contribution in [1.82, 2.24) is 0 Å².